The molecular weight excluding hydrogens is 402 g/mol. The Balaban J connectivity index is 1.70. The van der Waals surface area contributed by atoms with Crippen LogP contribution in [0.2, 0.25) is 0 Å². The van der Waals surface area contributed by atoms with Crippen molar-refractivity contribution in [2.24, 2.45) is 0 Å². The standard InChI is InChI=1S/C19H18F2N4O3S/c1-2-25(29(27,28)16-8-6-14(20)7-9-16)12-19(26)22-18-11-17(23-24-18)13-4-3-5-15(21)10-13/h3-11H,2,12H2,1H3,(H2,22,23,24,26). The Kier molecular flexibility index (Phi) is 6.04. The Morgan fingerprint density at radius 1 is 1.10 bits per heavy atom. The van der Waals surface area contributed by atoms with Crippen molar-refractivity contribution in [3.05, 3.63) is 66.2 Å². The normalized spacial score (nSPS) is 11.6. The average Bonchev–Trinajstić information content (AvgIpc) is 3.14. The minimum absolute atomic E-state index is 0.0439. The Hall–Kier alpha value is -3.11. The summed E-state index contributed by atoms with van der Waals surface area (Å²) in [6.45, 7) is 1.19. The minimum atomic E-state index is -3.96. The second-order valence-electron chi connectivity index (χ2n) is 6.11. The number of anilines is 1. The zero-order chi connectivity index (χ0) is 21.0. The molecule has 3 aromatic rings. The number of H-pyrrole nitrogens is 1. The van der Waals surface area contributed by atoms with E-state index in [1.54, 1.807) is 19.1 Å². The first-order valence-electron chi connectivity index (χ1n) is 8.66. The summed E-state index contributed by atoms with van der Waals surface area (Å²) >= 11 is 0. The van der Waals surface area contributed by atoms with Gasteiger partial charge in [-0.2, -0.15) is 9.40 Å². The zero-order valence-electron chi connectivity index (χ0n) is 15.4. The van der Waals surface area contributed by atoms with E-state index in [0.717, 1.165) is 28.6 Å². The number of hydrogen-bond acceptors (Lipinski definition) is 4. The third-order valence-corrected chi connectivity index (χ3v) is 6.04. The van der Waals surface area contributed by atoms with Gasteiger partial charge >= 0.3 is 0 Å². The molecule has 2 aromatic carbocycles. The highest BCUT2D eigenvalue weighted by atomic mass is 32.2. The fourth-order valence-electron chi connectivity index (χ4n) is 2.65. The number of nitrogens with one attached hydrogen (secondary N) is 2. The number of sulfonamides is 1. The Morgan fingerprint density at radius 3 is 2.48 bits per heavy atom. The molecule has 0 saturated carbocycles. The molecule has 0 aliphatic rings. The van der Waals surface area contributed by atoms with Crippen LogP contribution in [0, 0.1) is 11.6 Å². The van der Waals surface area contributed by atoms with E-state index in [9.17, 15) is 22.0 Å². The summed E-state index contributed by atoms with van der Waals surface area (Å²) in [4.78, 5) is 12.2. The number of nitrogens with zero attached hydrogens (tertiary/aromatic N) is 2. The predicted molar refractivity (Wildman–Crippen MR) is 103 cm³/mol. The Bertz CT molecular complexity index is 1110. The lowest BCUT2D eigenvalue weighted by atomic mass is 10.1. The molecule has 1 aromatic heterocycles. The molecule has 0 bridgehead atoms. The molecule has 10 heteroatoms. The fourth-order valence-corrected chi connectivity index (χ4v) is 4.06. The van der Waals surface area contributed by atoms with Gasteiger partial charge in [0.15, 0.2) is 5.82 Å². The number of likely N-dealkylation sites (N-methyl/N-ethyl adjacent to an activating group) is 1. The van der Waals surface area contributed by atoms with Crippen LogP contribution in [0.25, 0.3) is 11.3 Å². The highest BCUT2D eigenvalue weighted by Crippen LogP contribution is 2.21. The summed E-state index contributed by atoms with van der Waals surface area (Å²) < 4.78 is 52.7. The van der Waals surface area contributed by atoms with Crippen molar-refractivity contribution in [2.45, 2.75) is 11.8 Å². The lowest BCUT2D eigenvalue weighted by Gasteiger charge is -2.19. The molecule has 1 heterocycles. The van der Waals surface area contributed by atoms with Crippen molar-refractivity contribution in [1.29, 1.82) is 0 Å². The van der Waals surface area contributed by atoms with Gasteiger partial charge in [0, 0.05) is 18.2 Å². The van der Waals surface area contributed by atoms with Gasteiger partial charge < -0.3 is 5.32 Å². The first-order valence-corrected chi connectivity index (χ1v) is 10.1. The van der Waals surface area contributed by atoms with Crippen LogP contribution in [0.5, 0.6) is 0 Å². The topological polar surface area (TPSA) is 95.2 Å². The number of aromatic nitrogens is 2. The molecule has 0 fully saturated rings. The van der Waals surface area contributed by atoms with Gasteiger partial charge in [0.1, 0.15) is 11.6 Å². The molecule has 0 atom stereocenters. The van der Waals surface area contributed by atoms with Crippen LogP contribution in [-0.2, 0) is 14.8 Å². The molecule has 0 radical (unpaired) electrons. The van der Waals surface area contributed by atoms with E-state index >= 15 is 0 Å². The molecule has 1 amide bonds. The molecule has 7 nitrogen and oxygen atoms in total. The molecule has 152 valence electrons. The van der Waals surface area contributed by atoms with Crippen LogP contribution in [-0.4, -0.2) is 41.9 Å². The van der Waals surface area contributed by atoms with Crippen LogP contribution in [0.3, 0.4) is 0 Å². The van der Waals surface area contributed by atoms with E-state index in [1.807, 2.05) is 0 Å². The van der Waals surface area contributed by atoms with Gasteiger partial charge in [-0.1, -0.05) is 19.1 Å². The second-order valence-corrected chi connectivity index (χ2v) is 8.05. The van der Waals surface area contributed by atoms with Crippen molar-refractivity contribution in [3.8, 4) is 11.3 Å². The van der Waals surface area contributed by atoms with Crippen molar-refractivity contribution < 1.29 is 22.0 Å². The summed E-state index contributed by atoms with van der Waals surface area (Å²) in [6.07, 6.45) is 0. The third kappa shape index (κ3) is 4.84. The highest BCUT2D eigenvalue weighted by molar-refractivity contribution is 7.89. The number of aromatic amines is 1. The van der Waals surface area contributed by atoms with Gasteiger partial charge in [-0.15, -0.1) is 0 Å². The molecule has 3 rings (SSSR count). The summed E-state index contributed by atoms with van der Waals surface area (Å²) in [5, 5.41) is 9.12. The Morgan fingerprint density at radius 2 is 1.83 bits per heavy atom. The Labute approximate surface area is 166 Å². The first-order chi connectivity index (χ1) is 13.8. The number of carbonyl (C=O) groups excluding carboxylic acids is 1. The maximum atomic E-state index is 13.3. The number of carbonyl (C=O) groups is 1. The maximum absolute atomic E-state index is 13.3. The number of benzene rings is 2. The molecule has 0 spiro atoms. The molecule has 0 saturated heterocycles. The quantitative estimate of drug-likeness (QED) is 0.614. The number of halogens is 2. The van der Waals surface area contributed by atoms with E-state index in [0.29, 0.717) is 11.3 Å². The van der Waals surface area contributed by atoms with Crippen LogP contribution < -0.4 is 5.32 Å². The summed E-state index contributed by atoms with van der Waals surface area (Å²) in [6, 6.07) is 11.7. The molecule has 2 N–H and O–H groups in total. The minimum Gasteiger partial charge on any atom is -0.308 e. The van der Waals surface area contributed by atoms with Crippen LogP contribution in [0.4, 0.5) is 14.6 Å². The van der Waals surface area contributed by atoms with Crippen molar-refractivity contribution in [1.82, 2.24) is 14.5 Å². The lowest BCUT2D eigenvalue weighted by Crippen LogP contribution is -2.37. The average molecular weight is 420 g/mol. The third-order valence-electron chi connectivity index (χ3n) is 4.11. The van der Waals surface area contributed by atoms with Gasteiger partial charge in [0.05, 0.1) is 17.1 Å². The van der Waals surface area contributed by atoms with E-state index < -0.39 is 34.1 Å². The summed E-state index contributed by atoms with van der Waals surface area (Å²) in [7, 11) is -3.96. The summed E-state index contributed by atoms with van der Waals surface area (Å²) in [5.41, 5.74) is 1.04. The van der Waals surface area contributed by atoms with Crippen molar-refractivity contribution >= 4 is 21.7 Å². The molecule has 0 unspecified atom stereocenters. The van der Waals surface area contributed by atoms with Crippen LogP contribution >= 0.6 is 0 Å². The maximum Gasteiger partial charge on any atom is 0.243 e. The van der Waals surface area contributed by atoms with Gasteiger partial charge in [-0.05, 0) is 36.4 Å². The van der Waals surface area contributed by atoms with Crippen LogP contribution in [0.15, 0.2) is 59.5 Å². The van der Waals surface area contributed by atoms with E-state index in [1.165, 1.54) is 18.2 Å². The molecule has 0 aliphatic heterocycles. The van der Waals surface area contributed by atoms with Crippen molar-refractivity contribution in [3.63, 3.8) is 0 Å². The highest BCUT2D eigenvalue weighted by Gasteiger charge is 2.25. The largest absolute Gasteiger partial charge is 0.308 e. The molecule has 0 aliphatic carbocycles. The summed E-state index contributed by atoms with van der Waals surface area (Å²) in [5.74, 6) is -1.40. The number of rotatable bonds is 7. The smallest absolute Gasteiger partial charge is 0.243 e. The van der Waals surface area contributed by atoms with E-state index in [2.05, 4.69) is 15.5 Å². The second kappa shape index (κ2) is 8.50. The lowest BCUT2D eigenvalue weighted by molar-refractivity contribution is -0.116. The van der Waals surface area contributed by atoms with E-state index in [4.69, 9.17) is 0 Å². The zero-order valence-corrected chi connectivity index (χ0v) is 16.2. The van der Waals surface area contributed by atoms with Crippen molar-refractivity contribution in [2.75, 3.05) is 18.4 Å². The molecule has 29 heavy (non-hydrogen) atoms. The van der Waals surface area contributed by atoms with Gasteiger partial charge in [-0.25, -0.2) is 17.2 Å². The fraction of sp³-hybridized carbons (Fsp3) is 0.158. The first kappa shape index (κ1) is 20.6. The van der Waals surface area contributed by atoms with Crippen LogP contribution in [0.1, 0.15) is 6.92 Å². The van der Waals surface area contributed by atoms with Gasteiger partial charge in [-0.3, -0.25) is 9.89 Å². The van der Waals surface area contributed by atoms with E-state index in [-0.39, 0.29) is 17.3 Å². The van der Waals surface area contributed by atoms with Gasteiger partial charge in [0.25, 0.3) is 0 Å². The predicted octanol–water partition coefficient (Wildman–Crippen LogP) is 3.00. The number of amides is 1. The SMILES string of the molecule is CCN(CC(=O)Nc1cc(-c2cccc(F)c2)[nH]n1)S(=O)(=O)c1ccc(F)cc1. The monoisotopic (exact) mass is 420 g/mol. The number of hydrogen-bond donors (Lipinski definition) is 2. The van der Waals surface area contributed by atoms with Gasteiger partial charge in [0.2, 0.25) is 15.9 Å². The molecular formula is C19H18F2N4O3S.